The molecular formula is C17H18BrN3O2S. The number of hydrogen-bond donors (Lipinski definition) is 1. The fourth-order valence-corrected chi connectivity index (χ4v) is 3.61. The van der Waals surface area contributed by atoms with Crippen LogP contribution in [-0.4, -0.2) is 17.3 Å². The molecule has 24 heavy (non-hydrogen) atoms. The number of methoxy groups -OCH3 is 1. The van der Waals surface area contributed by atoms with Crippen LogP contribution in [0.4, 0.5) is 0 Å². The molecule has 2 aromatic heterocycles. The molecule has 0 unspecified atom stereocenters. The maximum atomic E-state index is 5.78. The Balaban J connectivity index is 1.70. The Morgan fingerprint density at radius 1 is 1.21 bits per heavy atom. The van der Waals surface area contributed by atoms with E-state index in [0.29, 0.717) is 11.8 Å². The zero-order valence-corrected chi connectivity index (χ0v) is 16.0. The second-order valence-corrected chi connectivity index (χ2v) is 7.23. The third kappa shape index (κ3) is 3.68. The first-order valence-corrected chi connectivity index (χ1v) is 9.22. The predicted molar refractivity (Wildman–Crippen MR) is 98.3 cm³/mol. The van der Waals surface area contributed by atoms with Gasteiger partial charge in [0.05, 0.1) is 22.5 Å². The van der Waals surface area contributed by atoms with Crippen LogP contribution in [0.15, 0.2) is 44.6 Å². The minimum absolute atomic E-state index is 0.0536. The molecule has 2 heterocycles. The fraction of sp³-hybridized carbons (Fsp3) is 0.294. The Labute approximate surface area is 153 Å². The number of halogens is 1. The highest BCUT2D eigenvalue weighted by molar-refractivity contribution is 9.10. The minimum atomic E-state index is -0.0536. The van der Waals surface area contributed by atoms with Crippen LogP contribution in [0, 0.1) is 0 Å². The van der Waals surface area contributed by atoms with Gasteiger partial charge in [-0.3, -0.25) is 5.32 Å². The number of nitrogens with zero attached hydrogens (tertiary/aromatic N) is 2. The molecule has 0 aliphatic heterocycles. The van der Waals surface area contributed by atoms with E-state index in [-0.39, 0.29) is 12.1 Å². The molecule has 7 heteroatoms. The lowest BCUT2D eigenvalue weighted by molar-refractivity contribution is 0.393. The number of ether oxygens (including phenoxy) is 1. The van der Waals surface area contributed by atoms with Gasteiger partial charge < -0.3 is 9.15 Å². The molecule has 0 saturated heterocycles. The monoisotopic (exact) mass is 407 g/mol. The van der Waals surface area contributed by atoms with Crippen LogP contribution in [0.2, 0.25) is 0 Å². The minimum Gasteiger partial charge on any atom is -0.496 e. The lowest BCUT2D eigenvalue weighted by Crippen LogP contribution is -2.22. The summed E-state index contributed by atoms with van der Waals surface area (Å²) in [6.45, 7) is 4.11. The van der Waals surface area contributed by atoms with E-state index in [9.17, 15) is 0 Å². The third-order valence-corrected chi connectivity index (χ3v) is 5.20. The Hall–Kier alpha value is -1.70. The summed E-state index contributed by atoms with van der Waals surface area (Å²) in [5.74, 6) is 1.96. The van der Waals surface area contributed by atoms with Crippen molar-refractivity contribution in [2.75, 3.05) is 7.11 Å². The zero-order chi connectivity index (χ0) is 17.1. The van der Waals surface area contributed by atoms with Crippen LogP contribution >= 0.6 is 27.3 Å². The highest BCUT2D eigenvalue weighted by Gasteiger charge is 2.18. The topological polar surface area (TPSA) is 60.2 Å². The molecule has 0 radical (unpaired) electrons. The van der Waals surface area contributed by atoms with Gasteiger partial charge in [-0.05, 0) is 58.9 Å². The van der Waals surface area contributed by atoms with Crippen LogP contribution in [0.3, 0.4) is 0 Å². The van der Waals surface area contributed by atoms with Crippen molar-refractivity contribution in [3.8, 4) is 16.5 Å². The molecule has 0 amide bonds. The van der Waals surface area contributed by atoms with E-state index < -0.39 is 0 Å². The molecule has 0 bridgehead atoms. The molecule has 3 aromatic rings. The molecule has 0 spiro atoms. The van der Waals surface area contributed by atoms with Gasteiger partial charge in [0.1, 0.15) is 5.75 Å². The first-order chi connectivity index (χ1) is 11.6. The molecule has 2 atom stereocenters. The van der Waals surface area contributed by atoms with Gasteiger partial charge in [-0.15, -0.1) is 21.5 Å². The maximum Gasteiger partial charge on any atom is 0.257 e. The summed E-state index contributed by atoms with van der Waals surface area (Å²) in [6, 6.07) is 10.0. The molecule has 126 valence electrons. The normalized spacial score (nSPS) is 13.7. The molecule has 1 N–H and O–H groups in total. The summed E-state index contributed by atoms with van der Waals surface area (Å²) in [4.78, 5) is 0.980. The lowest BCUT2D eigenvalue weighted by atomic mass is 10.1. The Bertz CT molecular complexity index is 804. The van der Waals surface area contributed by atoms with Crippen LogP contribution in [-0.2, 0) is 0 Å². The van der Waals surface area contributed by atoms with Gasteiger partial charge in [0.2, 0.25) is 5.89 Å². The van der Waals surface area contributed by atoms with Crippen molar-refractivity contribution in [3.05, 3.63) is 51.6 Å². The number of benzene rings is 1. The van der Waals surface area contributed by atoms with Gasteiger partial charge in [0.25, 0.3) is 5.89 Å². The average molecular weight is 408 g/mol. The summed E-state index contributed by atoms with van der Waals surface area (Å²) in [5.41, 5.74) is 1.15. The number of thiophene rings is 1. The first-order valence-electron chi connectivity index (χ1n) is 7.55. The number of rotatable bonds is 6. The smallest absolute Gasteiger partial charge is 0.257 e. The molecule has 0 aliphatic carbocycles. The van der Waals surface area contributed by atoms with E-state index in [0.717, 1.165) is 20.7 Å². The molecule has 0 fully saturated rings. The van der Waals surface area contributed by atoms with E-state index in [1.54, 1.807) is 18.4 Å². The highest BCUT2D eigenvalue weighted by atomic mass is 79.9. The largest absolute Gasteiger partial charge is 0.496 e. The van der Waals surface area contributed by atoms with E-state index in [2.05, 4.69) is 38.4 Å². The van der Waals surface area contributed by atoms with Gasteiger partial charge in [0, 0.05) is 6.04 Å². The Morgan fingerprint density at radius 2 is 2.04 bits per heavy atom. The van der Waals surface area contributed by atoms with E-state index >= 15 is 0 Å². The number of nitrogens with one attached hydrogen (secondary N) is 1. The van der Waals surface area contributed by atoms with Crippen LogP contribution in [0.5, 0.6) is 5.75 Å². The van der Waals surface area contributed by atoms with Crippen molar-refractivity contribution < 1.29 is 9.15 Å². The maximum absolute atomic E-state index is 5.78. The third-order valence-electron chi connectivity index (χ3n) is 3.72. The van der Waals surface area contributed by atoms with Gasteiger partial charge in [-0.2, -0.15) is 0 Å². The number of aromatic nitrogens is 2. The Kier molecular flexibility index (Phi) is 5.33. The van der Waals surface area contributed by atoms with Gasteiger partial charge in [0.15, 0.2) is 0 Å². The summed E-state index contributed by atoms with van der Waals surface area (Å²) in [6.07, 6.45) is 0. The quantitative estimate of drug-likeness (QED) is 0.623. The van der Waals surface area contributed by atoms with Crippen molar-refractivity contribution >= 4 is 27.3 Å². The molecule has 5 nitrogen and oxygen atoms in total. The first kappa shape index (κ1) is 17.1. The van der Waals surface area contributed by atoms with Crippen LogP contribution in [0.25, 0.3) is 10.8 Å². The molecule has 1 aromatic carbocycles. The second kappa shape index (κ2) is 7.46. The predicted octanol–water partition coefficient (Wildman–Crippen LogP) is 4.98. The van der Waals surface area contributed by atoms with Crippen molar-refractivity contribution in [2.24, 2.45) is 0 Å². The summed E-state index contributed by atoms with van der Waals surface area (Å²) in [5, 5.41) is 13.8. The van der Waals surface area contributed by atoms with Crippen molar-refractivity contribution in [2.45, 2.75) is 25.9 Å². The SMILES string of the molecule is COc1ccc([C@H](C)N[C@@H](C)c2nnc(-c3cccs3)o2)cc1Br. The summed E-state index contributed by atoms with van der Waals surface area (Å²) in [7, 11) is 1.66. The second-order valence-electron chi connectivity index (χ2n) is 5.43. The van der Waals surface area contributed by atoms with Crippen molar-refractivity contribution in [1.29, 1.82) is 0 Å². The van der Waals surface area contributed by atoms with Crippen LogP contribution < -0.4 is 10.1 Å². The fourth-order valence-electron chi connectivity index (χ4n) is 2.40. The molecule has 3 rings (SSSR count). The van der Waals surface area contributed by atoms with Crippen LogP contribution in [0.1, 0.15) is 37.4 Å². The van der Waals surface area contributed by atoms with Gasteiger partial charge in [-0.25, -0.2) is 0 Å². The molecule has 0 saturated carbocycles. The van der Waals surface area contributed by atoms with E-state index in [4.69, 9.17) is 9.15 Å². The van der Waals surface area contributed by atoms with E-state index in [1.165, 1.54) is 0 Å². The molecule has 0 aliphatic rings. The summed E-state index contributed by atoms with van der Waals surface area (Å²) >= 11 is 5.10. The zero-order valence-electron chi connectivity index (χ0n) is 13.6. The van der Waals surface area contributed by atoms with E-state index in [1.807, 2.05) is 42.6 Å². The van der Waals surface area contributed by atoms with Gasteiger partial charge in [-0.1, -0.05) is 12.1 Å². The Morgan fingerprint density at radius 3 is 2.71 bits per heavy atom. The number of hydrogen-bond acceptors (Lipinski definition) is 6. The summed E-state index contributed by atoms with van der Waals surface area (Å²) < 4.78 is 12.0. The van der Waals surface area contributed by atoms with Gasteiger partial charge >= 0.3 is 0 Å². The lowest BCUT2D eigenvalue weighted by Gasteiger charge is -2.18. The highest BCUT2D eigenvalue weighted by Crippen LogP contribution is 2.29. The standard InChI is InChI=1S/C17H18BrN3O2S/c1-10(12-6-7-14(22-3)13(18)9-12)19-11(2)16-20-21-17(23-16)15-5-4-8-24-15/h4-11,19H,1-3H3/t10-,11-/m0/s1. The van der Waals surface area contributed by atoms with Crippen molar-refractivity contribution in [3.63, 3.8) is 0 Å². The van der Waals surface area contributed by atoms with Crippen molar-refractivity contribution in [1.82, 2.24) is 15.5 Å². The average Bonchev–Trinajstić information content (AvgIpc) is 3.25. The molecular weight excluding hydrogens is 390 g/mol.